The summed E-state index contributed by atoms with van der Waals surface area (Å²) in [6, 6.07) is 0. The molecule has 3 N–H and O–H groups in total. The molecule has 1 amide bonds. The first kappa shape index (κ1) is 16.4. The Hall–Kier alpha value is -0.690. The van der Waals surface area contributed by atoms with Gasteiger partial charge in [0.25, 0.3) is 0 Å². The zero-order valence-corrected chi connectivity index (χ0v) is 12.8. The fourth-order valence-corrected chi connectivity index (χ4v) is 2.34. The van der Waals surface area contributed by atoms with E-state index in [0.29, 0.717) is 0 Å². The summed E-state index contributed by atoms with van der Waals surface area (Å²) in [4.78, 5) is 18.7. The van der Waals surface area contributed by atoms with E-state index in [0.717, 1.165) is 45.8 Å². The summed E-state index contributed by atoms with van der Waals surface area (Å²) < 4.78 is 0. The van der Waals surface area contributed by atoms with Crippen LogP contribution < -0.4 is 11.3 Å². The van der Waals surface area contributed by atoms with Gasteiger partial charge in [-0.3, -0.25) is 20.0 Å². The minimum absolute atomic E-state index is 0.0949. The minimum Gasteiger partial charge on any atom is -0.308 e. The van der Waals surface area contributed by atoms with Crippen molar-refractivity contribution in [2.75, 3.05) is 59.9 Å². The van der Waals surface area contributed by atoms with Gasteiger partial charge in [0.2, 0.25) is 5.91 Å². The Bertz CT molecular complexity index is 285. The Morgan fingerprint density at radius 2 is 1.74 bits per heavy atom. The number of hydrogen-bond acceptors (Lipinski definition) is 5. The number of carbonyl (C=O) groups is 1. The third-order valence-electron chi connectivity index (χ3n) is 3.69. The predicted octanol–water partition coefficient (Wildman–Crippen LogP) is -0.818. The molecular formula is C13H29N5O. The van der Waals surface area contributed by atoms with E-state index in [9.17, 15) is 4.79 Å². The van der Waals surface area contributed by atoms with Gasteiger partial charge >= 0.3 is 0 Å². The van der Waals surface area contributed by atoms with Gasteiger partial charge in [-0.05, 0) is 27.9 Å². The number of amides is 1. The normalized spacial score (nSPS) is 18.8. The molecule has 1 aliphatic rings. The second kappa shape index (κ2) is 7.19. The topological polar surface area (TPSA) is 64.8 Å². The molecule has 0 unspecified atom stereocenters. The van der Waals surface area contributed by atoms with Crippen LogP contribution in [0.4, 0.5) is 0 Å². The van der Waals surface area contributed by atoms with Crippen LogP contribution in [0, 0.1) is 5.41 Å². The lowest BCUT2D eigenvalue weighted by molar-refractivity contribution is -0.130. The van der Waals surface area contributed by atoms with Gasteiger partial charge in [0.15, 0.2) is 0 Å². The molecule has 0 saturated carbocycles. The highest BCUT2D eigenvalue weighted by Gasteiger charge is 2.30. The molecule has 0 aromatic rings. The number of nitrogens with one attached hydrogen (secondary N) is 1. The first-order chi connectivity index (χ1) is 8.85. The van der Waals surface area contributed by atoms with Crippen LogP contribution in [0.2, 0.25) is 0 Å². The average Bonchev–Trinajstić information content (AvgIpc) is 2.36. The molecule has 1 saturated heterocycles. The van der Waals surface area contributed by atoms with E-state index in [2.05, 4.69) is 34.2 Å². The summed E-state index contributed by atoms with van der Waals surface area (Å²) in [5, 5.41) is 0. The van der Waals surface area contributed by atoms with E-state index in [1.165, 1.54) is 0 Å². The van der Waals surface area contributed by atoms with Crippen molar-refractivity contribution < 1.29 is 4.79 Å². The number of hydrogen-bond donors (Lipinski definition) is 2. The van der Waals surface area contributed by atoms with Crippen LogP contribution in [0.5, 0.6) is 0 Å². The van der Waals surface area contributed by atoms with E-state index in [1.807, 2.05) is 13.8 Å². The quantitative estimate of drug-likeness (QED) is 0.375. The standard InChI is InChI=1S/C13H29N5O/c1-13(2,12(19)15-14)11-18-9-7-17(8-10-18)6-5-16(3)4/h5-11,14H2,1-4H3,(H,15,19). The molecule has 0 radical (unpaired) electrons. The van der Waals surface area contributed by atoms with Crippen molar-refractivity contribution in [3.05, 3.63) is 0 Å². The molecule has 0 spiro atoms. The summed E-state index contributed by atoms with van der Waals surface area (Å²) in [5.74, 6) is 5.13. The fraction of sp³-hybridized carbons (Fsp3) is 0.923. The van der Waals surface area contributed by atoms with Crippen molar-refractivity contribution in [1.29, 1.82) is 0 Å². The number of nitrogens with two attached hydrogens (primary N) is 1. The Morgan fingerprint density at radius 3 is 2.21 bits per heavy atom. The fourth-order valence-electron chi connectivity index (χ4n) is 2.34. The zero-order valence-electron chi connectivity index (χ0n) is 12.8. The van der Waals surface area contributed by atoms with Gasteiger partial charge in [0.05, 0.1) is 5.41 Å². The Kier molecular flexibility index (Phi) is 6.19. The van der Waals surface area contributed by atoms with E-state index in [4.69, 9.17) is 5.84 Å². The predicted molar refractivity (Wildman–Crippen MR) is 77.5 cm³/mol. The lowest BCUT2D eigenvalue weighted by Crippen LogP contribution is -2.53. The van der Waals surface area contributed by atoms with Crippen molar-refractivity contribution >= 4 is 5.91 Å². The molecule has 1 aliphatic heterocycles. The molecule has 0 atom stereocenters. The van der Waals surface area contributed by atoms with Crippen molar-refractivity contribution in [2.24, 2.45) is 11.3 Å². The maximum absolute atomic E-state index is 11.7. The van der Waals surface area contributed by atoms with E-state index >= 15 is 0 Å². The number of nitrogens with zero attached hydrogens (tertiary/aromatic N) is 3. The molecule has 1 heterocycles. The second-order valence-electron chi connectivity index (χ2n) is 6.28. The van der Waals surface area contributed by atoms with E-state index in [1.54, 1.807) is 0 Å². The number of likely N-dealkylation sites (N-methyl/N-ethyl adjacent to an activating group) is 1. The van der Waals surface area contributed by atoms with Gasteiger partial charge in [0, 0.05) is 45.8 Å². The lowest BCUT2D eigenvalue weighted by Gasteiger charge is -2.38. The maximum Gasteiger partial charge on any atom is 0.240 e. The summed E-state index contributed by atoms with van der Waals surface area (Å²) in [7, 11) is 4.20. The SMILES string of the molecule is CN(C)CCN1CCN(CC(C)(C)C(=O)NN)CC1. The van der Waals surface area contributed by atoms with Crippen LogP contribution in [-0.2, 0) is 4.79 Å². The van der Waals surface area contributed by atoms with Crippen LogP contribution in [0.15, 0.2) is 0 Å². The van der Waals surface area contributed by atoms with Crippen molar-refractivity contribution in [1.82, 2.24) is 20.1 Å². The monoisotopic (exact) mass is 271 g/mol. The summed E-state index contributed by atoms with van der Waals surface area (Å²) in [6.07, 6.45) is 0. The summed E-state index contributed by atoms with van der Waals surface area (Å²) >= 11 is 0. The highest BCUT2D eigenvalue weighted by atomic mass is 16.2. The number of piperazine rings is 1. The highest BCUT2D eigenvalue weighted by molar-refractivity contribution is 5.81. The van der Waals surface area contributed by atoms with Crippen LogP contribution in [0.3, 0.4) is 0 Å². The first-order valence-electron chi connectivity index (χ1n) is 6.95. The number of carbonyl (C=O) groups excluding carboxylic acids is 1. The largest absolute Gasteiger partial charge is 0.308 e. The molecule has 1 rings (SSSR count). The van der Waals surface area contributed by atoms with E-state index in [-0.39, 0.29) is 5.91 Å². The van der Waals surface area contributed by atoms with Crippen molar-refractivity contribution in [3.63, 3.8) is 0 Å². The number of rotatable bonds is 6. The summed E-state index contributed by atoms with van der Waals surface area (Å²) in [6.45, 7) is 11.1. The van der Waals surface area contributed by atoms with Crippen LogP contribution in [0.1, 0.15) is 13.8 Å². The minimum atomic E-state index is -0.430. The molecule has 0 aromatic heterocycles. The molecule has 1 fully saturated rings. The molecule has 6 heteroatoms. The van der Waals surface area contributed by atoms with Crippen LogP contribution >= 0.6 is 0 Å². The van der Waals surface area contributed by atoms with Crippen LogP contribution in [0.25, 0.3) is 0 Å². The molecule has 112 valence electrons. The Balaban J connectivity index is 2.32. The van der Waals surface area contributed by atoms with E-state index < -0.39 is 5.41 Å². The van der Waals surface area contributed by atoms with Crippen molar-refractivity contribution in [3.8, 4) is 0 Å². The van der Waals surface area contributed by atoms with Gasteiger partial charge in [-0.1, -0.05) is 0 Å². The Morgan fingerprint density at radius 1 is 1.21 bits per heavy atom. The van der Waals surface area contributed by atoms with Gasteiger partial charge < -0.3 is 4.90 Å². The Labute approximate surface area is 116 Å². The molecule has 6 nitrogen and oxygen atoms in total. The van der Waals surface area contributed by atoms with Gasteiger partial charge in [-0.15, -0.1) is 0 Å². The molecule has 0 aromatic carbocycles. The third kappa shape index (κ3) is 5.44. The second-order valence-corrected chi connectivity index (χ2v) is 6.28. The lowest BCUT2D eigenvalue weighted by atomic mass is 9.91. The van der Waals surface area contributed by atoms with Crippen LogP contribution in [-0.4, -0.2) is 80.5 Å². The highest BCUT2D eigenvalue weighted by Crippen LogP contribution is 2.18. The third-order valence-corrected chi connectivity index (χ3v) is 3.69. The summed E-state index contributed by atoms with van der Waals surface area (Å²) in [5.41, 5.74) is 1.82. The zero-order chi connectivity index (χ0) is 14.5. The molecule has 0 bridgehead atoms. The molecule has 19 heavy (non-hydrogen) atoms. The average molecular weight is 271 g/mol. The van der Waals surface area contributed by atoms with Gasteiger partial charge in [-0.25, -0.2) is 5.84 Å². The first-order valence-corrected chi connectivity index (χ1v) is 6.95. The number of hydrazine groups is 1. The molecular weight excluding hydrogens is 242 g/mol. The van der Waals surface area contributed by atoms with Crippen molar-refractivity contribution in [2.45, 2.75) is 13.8 Å². The maximum atomic E-state index is 11.7. The smallest absolute Gasteiger partial charge is 0.240 e. The van der Waals surface area contributed by atoms with Gasteiger partial charge in [0.1, 0.15) is 0 Å². The molecule has 0 aliphatic carbocycles. The van der Waals surface area contributed by atoms with Gasteiger partial charge in [-0.2, -0.15) is 0 Å².